The first-order valence-corrected chi connectivity index (χ1v) is 11.1. The minimum Gasteiger partial charge on any atom is -0.492 e. The molecule has 5 heteroatoms. The summed E-state index contributed by atoms with van der Waals surface area (Å²) in [6, 6.07) is 12.2. The first kappa shape index (κ1) is 22.0. The maximum absolute atomic E-state index is 12.2. The number of hydrogen-bond acceptors (Lipinski definition) is 2. The Kier molecular flexibility index (Phi) is 9.35. The van der Waals surface area contributed by atoms with Crippen molar-refractivity contribution in [3.63, 3.8) is 0 Å². The minimum atomic E-state index is 0.000930. The van der Waals surface area contributed by atoms with Crippen molar-refractivity contribution in [1.29, 1.82) is 0 Å². The van der Waals surface area contributed by atoms with Gasteiger partial charge >= 0.3 is 0 Å². The molecule has 0 atom stereocenters. The first-order valence-electron chi connectivity index (χ1n) is 9.53. The molecular weight excluding hydrogens is 470 g/mol. The van der Waals surface area contributed by atoms with Crippen LogP contribution in [0.25, 0.3) is 0 Å². The zero-order valence-corrected chi connectivity index (χ0v) is 19.2. The number of hydrogen-bond donors (Lipinski definition) is 1. The number of ether oxygens (including phenoxy) is 1. The highest BCUT2D eigenvalue weighted by Gasteiger charge is 2.08. The highest BCUT2D eigenvalue weighted by molar-refractivity contribution is 9.11. The molecule has 0 aliphatic rings. The van der Waals surface area contributed by atoms with Crippen LogP contribution in [0.15, 0.2) is 45.3 Å². The van der Waals surface area contributed by atoms with Crippen molar-refractivity contribution in [2.45, 2.75) is 52.4 Å². The summed E-state index contributed by atoms with van der Waals surface area (Å²) in [7, 11) is 0. The van der Waals surface area contributed by atoms with Crippen LogP contribution < -0.4 is 10.1 Å². The molecule has 2 aromatic carbocycles. The van der Waals surface area contributed by atoms with Gasteiger partial charge in [0.1, 0.15) is 5.75 Å². The number of amides is 1. The van der Waals surface area contributed by atoms with E-state index in [9.17, 15) is 4.79 Å². The van der Waals surface area contributed by atoms with Gasteiger partial charge < -0.3 is 10.1 Å². The number of halogens is 2. The maximum atomic E-state index is 12.2. The van der Waals surface area contributed by atoms with E-state index in [1.54, 1.807) is 0 Å². The van der Waals surface area contributed by atoms with Gasteiger partial charge in [0.2, 0.25) is 5.91 Å². The third-order valence-electron chi connectivity index (χ3n) is 4.34. The summed E-state index contributed by atoms with van der Waals surface area (Å²) in [6.07, 6.45) is 5.51. The van der Waals surface area contributed by atoms with E-state index in [0.29, 0.717) is 19.4 Å². The second-order valence-electron chi connectivity index (χ2n) is 6.54. The molecule has 2 aromatic rings. The second-order valence-corrected chi connectivity index (χ2v) is 8.24. The number of carbonyl (C=O) groups is 1. The lowest BCUT2D eigenvalue weighted by atomic mass is 10.1. The molecule has 0 aliphatic carbocycles. The molecule has 27 heavy (non-hydrogen) atoms. The Labute approximate surface area is 179 Å². The average molecular weight is 497 g/mol. The van der Waals surface area contributed by atoms with Gasteiger partial charge in [0.25, 0.3) is 0 Å². The number of nitrogens with one attached hydrogen (secondary N) is 1. The SMILES string of the molecule is CCCCc1ccc(NC(=O)CCCOc2ccc(CC)cc2Br)c(Br)c1. The standard InChI is InChI=1S/C22H27Br2NO2/c1-3-5-7-17-9-11-20(18(23)15-17)25-22(26)8-6-13-27-21-12-10-16(4-2)14-19(21)24/h9-12,14-15H,3-8,13H2,1-2H3,(H,25,26). The van der Waals surface area contributed by atoms with Crippen molar-refractivity contribution >= 4 is 43.5 Å². The largest absolute Gasteiger partial charge is 0.492 e. The van der Waals surface area contributed by atoms with Crippen molar-refractivity contribution in [3.8, 4) is 5.75 Å². The summed E-state index contributed by atoms with van der Waals surface area (Å²) >= 11 is 7.09. The van der Waals surface area contributed by atoms with Crippen LogP contribution >= 0.6 is 31.9 Å². The van der Waals surface area contributed by atoms with Gasteiger partial charge in [-0.25, -0.2) is 0 Å². The zero-order valence-electron chi connectivity index (χ0n) is 16.0. The van der Waals surface area contributed by atoms with E-state index in [4.69, 9.17) is 4.74 Å². The van der Waals surface area contributed by atoms with Crippen molar-refractivity contribution in [2.24, 2.45) is 0 Å². The topological polar surface area (TPSA) is 38.3 Å². The van der Waals surface area contributed by atoms with Gasteiger partial charge in [0, 0.05) is 10.9 Å². The zero-order chi connectivity index (χ0) is 19.6. The van der Waals surface area contributed by atoms with Crippen molar-refractivity contribution < 1.29 is 9.53 Å². The Morgan fingerprint density at radius 3 is 2.41 bits per heavy atom. The molecule has 0 aliphatic heterocycles. The normalized spacial score (nSPS) is 10.7. The first-order chi connectivity index (χ1) is 13.0. The predicted octanol–water partition coefficient (Wildman–Crippen LogP) is 6.91. The molecule has 3 nitrogen and oxygen atoms in total. The summed E-state index contributed by atoms with van der Waals surface area (Å²) in [5.41, 5.74) is 3.37. The Balaban J connectivity index is 1.76. The van der Waals surface area contributed by atoms with Gasteiger partial charge in [0.05, 0.1) is 16.8 Å². The lowest BCUT2D eigenvalue weighted by Crippen LogP contribution is -2.13. The highest BCUT2D eigenvalue weighted by atomic mass is 79.9. The lowest BCUT2D eigenvalue weighted by Gasteiger charge is -2.11. The molecule has 0 spiro atoms. The molecule has 1 N–H and O–H groups in total. The predicted molar refractivity (Wildman–Crippen MR) is 120 cm³/mol. The summed E-state index contributed by atoms with van der Waals surface area (Å²) < 4.78 is 7.67. The Morgan fingerprint density at radius 1 is 1.00 bits per heavy atom. The second kappa shape index (κ2) is 11.5. The van der Waals surface area contributed by atoms with E-state index in [2.05, 4.69) is 75.3 Å². The van der Waals surface area contributed by atoms with Crippen molar-refractivity contribution in [3.05, 3.63) is 56.5 Å². The van der Waals surface area contributed by atoms with Crippen LogP contribution in [0.5, 0.6) is 5.75 Å². The Hall–Kier alpha value is -1.33. The molecule has 0 unspecified atom stereocenters. The lowest BCUT2D eigenvalue weighted by molar-refractivity contribution is -0.116. The summed E-state index contributed by atoms with van der Waals surface area (Å²) in [6.45, 7) is 4.82. The van der Waals surface area contributed by atoms with Crippen LogP contribution in [-0.4, -0.2) is 12.5 Å². The Morgan fingerprint density at radius 2 is 1.74 bits per heavy atom. The van der Waals surface area contributed by atoms with Crippen molar-refractivity contribution in [2.75, 3.05) is 11.9 Å². The number of benzene rings is 2. The molecule has 0 bridgehead atoms. The van der Waals surface area contributed by atoms with Gasteiger partial charge in [-0.1, -0.05) is 32.4 Å². The minimum absolute atomic E-state index is 0.000930. The third kappa shape index (κ3) is 7.30. The molecular formula is C22H27Br2NO2. The molecule has 0 saturated carbocycles. The maximum Gasteiger partial charge on any atom is 0.224 e. The number of aryl methyl sites for hydroxylation is 2. The van der Waals surface area contributed by atoms with E-state index in [-0.39, 0.29) is 5.91 Å². The fourth-order valence-electron chi connectivity index (χ4n) is 2.71. The van der Waals surface area contributed by atoms with Gasteiger partial charge in [-0.3, -0.25) is 4.79 Å². The molecule has 1 amide bonds. The highest BCUT2D eigenvalue weighted by Crippen LogP contribution is 2.27. The fourth-order valence-corrected chi connectivity index (χ4v) is 3.77. The number of anilines is 1. The molecule has 0 radical (unpaired) electrons. The molecule has 0 heterocycles. The van der Waals surface area contributed by atoms with E-state index >= 15 is 0 Å². The summed E-state index contributed by atoms with van der Waals surface area (Å²) in [4.78, 5) is 12.2. The average Bonchev–Trinajstić information content (AvgIpc) is 2.66. The van der Waals surface area contributed by atoms with E-state index in [1.165, 1.54) is 24.0 Å². The molecule has 2 rings (SSSR count). The van der Waals surface area contributed by atoms with Gasteiger partial charge in [0.15, 0.2) is 0 Å². The monoisotopic (exact) mass is 495 g/mol. The number of unbranched alkanes of at least 4 members (excludes halogenated alkanes) is 1. The fraction of sp³-hybridized carbons (Fsp3) is 0.409. The molecule has 0 saturated heterocycles. The van der Waals surface area contributed by atoms with Crippen LogP contribution in [0.4, 0.5) is 5.69 Å². The van der Waals surface area contributed by atoms with Crippen LogP contribution in [0, 0.1) is 0 Å². The van der Waals surface area contributed by atoms with Crippen LogP contribution in [0.2, 0.25) is 0 Å². The van der Waals surface area contributed by atoms with Gasteiger partial charge in [-0.15, -0.1) is 0 Å². The van der Waals surface area contributed by atoms with Crippen LogP contribution in [-0.2, 0) is 17.6 Å². The number of rotatable bonds is 10. The molecule has 0 fully saturated rings. The Bertz CT molecular complexity index is 762. The van der Waals surface area contributed by atoms with Gasteiger partial charge in [-0.05, 0) is 92.9 Å². The van der Waals surface area contributed by atoms with E-state index < -0.39 is 0 Å². The molecule has 0 aromatic heterocycles. The summed E-state index contributed by atoms with van der Waals surface area (Å²) in [5.74, 6) is 0.819. The van der Waals surface area contributed by atoms with E-state index in [1.807, 2.05) is 12.1 Å². The van der Waals surface area contributed by atoms with Crippen LogP contribution in [0.3, 0.4) is 0 Å². The quantitative estimate of drug-likeness (QED) is 0.362. The van der Waals surface area contributed by atoms with Crippen molar-refractivity contribution in [1.82, 2.24) is 0 Å². The van der Waals surface area contributed by atoms with Crippen LogP contribution in [0.1, 0.15) is 50.7 Å². The third-order valence-corrected chi connectivity index (χ3v) is 5.61. The van der Waals surface area contributed by atoms with Gasteiger partial charge in [-0.2, -0.15) is 0 Å². The smallest absolute Gasteiger partial charge is 0.224 e. The summed E-state index contributed by atoms with van der Waals surface area (Å²) in [5, 5.41) is 2.97. The number of carbonyl (C=O) groups excluding carboxylic acids is 1. The van der Waals surface area contributed by atoms with E-state index in [0.717, 1.165) is 33.2 Å². The molecule has 146 valence electrons.